The van der Waals surface area contributed by atoms with E-state index in [2.05, 4.69) is 9.88 Å². The highest BCUT2D eigenvalue weighted by Crippen LogP contribution is 2.09. The lowest BCUT2D eigenvalue weighted by Crippen LogP contribution is -2.36. The van der Waals surface area contributed by atoms with Gasteiger partial charge in [-0.25, -0.2) is 0 Å². The van der Waals surface area contributed by atoms with Gasteiger partial charge in [-0.3, -0.25) is 9.78 Å². The van der Waals surface area contributed by atoms with E-state index in [0.29, 0.717) is 6.54 Å². The summed E-state index contributed by atoms with van der Waals surface area (Å²) >= 11 is 0. The minimum absolute atomic E-state index is 0.111. The molecule has 1 amide bonds. The fourth-order valence-corrected chi connectivity index (χ4v) is 2.44. The molecule has 0 atom stereocenters. The Labute approximate surface area is 114 Å². The van der Waals surface area contributed by atoms with Crippen molar-refractivity contribution in [2.75, 3.05) is 39.3 Å². The first-order valence-electron chi connectivity index (χ1n) is 6.85. The first-order chi connectivity index (χ1) is 9.20. The van der Waals surface area contributed by atoms with Gasteiger partial charge in [-0.15, -0.1) is 0 Å². The summed E-state index contributed by atoms with van der Waals surface area (Å²) in [5, 5.41) is 0. The molecule has 2 N–H and O–H groups in total. The van der Waals surface area contributed by atoms with Crippen LogP contribution in [0.1, 0.15) is 22.5 Å². The number of nitrogens with zero attached hydrogens (tertiary/aromatic N) is 3. The third kappa shape index (κ3) is 3.75. The molecule has 0 saturated carbocycles. The molecule has 19 heavy (non-hydrogen) atoms. The Morgan fingerprint density at radius 2 is 2.21 bits per heavy atom. The van der Waals surface area contributed by atoms with Crippen molar-refractivity contribution in [1.29, 1.82) is 0 Å². The summed E-state index contributed by atoms with van der Waals surface area (Å²) in [6, 6.07) is 3.64. The van der Waals surface area contributed by atoms with E-state index in [1.165, 1.54) is 0 Å². The lowest BCUT2D eigenvalue weighted by Gasteiger charge is -2.21. The molecule has 1 saturated heterocycles. The molecule has 104 valence electrons. The van der Waals surface area contributed by atoms with Crippen molar-refractivity contribution >= 4 is 5.91 Å². The van der Waals surface area contributed by atoms with Gasteiger partial charge < -0.3 is 15.5 Å². The number of amides is 1. The summed E-state index contributed by atoms with van der Waals surface area (Å²) in [6.45, 7) is 7.03. The monoisotopic (exact) mass is 262 g/mol. The van der Waals surface area contributed by atoms with Crippen molar-refractivity contribution < 1.29 is 4.79 Å². The van der Waals surface area contributed by atoms with E-state index in [0.717, 1.165) is 50.4 Å². The molecule has 1 aliphatic heterocycles. The van der Waals surface area contributed by atoms with Crippen molar-refractivity contribution in [3.8, 4) is 0 Å². The van der Waals surface area contributed by atoms with Gasteiger partial charge in [0.05, 0.1) is 0 Å². The molecule has 0 bridgehead atoms. The van der Waals surface area contributed by atoms with Crippen LogP contribution in [-0.2, 0) is 0 Å². The molecular weight excluding hydrogens is 240 g/mol. The van der Waals surface area contributed by atoms with Crippen LogP contribution in [0.3, 0.4) is 0 Å². The summed E-state index contributed by atoms with van der Waals surface area (Å²) in [4.78, 5) is 20.8. The number of hydrogen-bond donors (Lipinski definition) is 1. The van der Waals surface area contributed by atoms with Crippen LogP contribution in [0.25, 0.3) is 0 Å². The Hall–Kier alpha value is -1.46. The fraction of sp³-hybridized carbons (Fsp3) is 0.571. The van der Waals surface area contributed by atoms with E-state index >= 15 is 0 Å². The van der Waals surface area contributed by atoms with Crippen LogP contribution >= 0.6 is 0 Å². The first kappa shape index (κ1) is 14.0. The summed E-state index contributed by atoms with van der Waals surface area (Å²) in [5.74, 6) is 0.111. The van der Waals surface area contributed by atoms with Gasteiger partial charge in [0.1, 0.15) is 0 Å². The van der Waals surface area contributed by atoms with Crippen LogP contribution in [-0.4, -0.2) is 60.0 Å². The average molecular weight is 262 g/mol. The molecule has 0 unspecified atom stereocenters. The number of pyridine rings is 1. The normalized spacial score (nSPS) is 17.3. The van der Waals surface area contributed by atoms with Crippen molar-refractivity contribution in [3.63, 3.8) is 0 Å². The van der Waals surface area contributed by atoms with Gasteiger partial charge in [0.15, 0.2) is 0 Å². The molecule has 0 aromatic carbocycles. The topological polar surface area (TPSA) is 62.5 Å². The van der Waals surface area contributed by atoms with Gasteiger partial charge in [0, 0.05) is 50.2 Å². The van der Waals surface area contributed by atoms with Crippen LogP contribution in [0.15, 0.2) is 18.3 Å². The van der Waals surface area contributed by atoms with E-state index in [1.54, 1.807) is 12.3 Å². The van der Waals surface area contributed by atoms with Gasteiger partial charge in [0.2, 0.25) is 0 Å². The highest BCUT2D eigenvalue weighted by atomic mass is 16.2. The van der Waals surface area contributed by atoms with Crippen LogP contribution in [0.2, 0.25) is 0 Å². The Bertz CT molecular complexity index is 435. The van der Waals surface area contributed by atoms with E-state index in [1.807, 2.05) is 17.9 Å². The molecule has 0 radical (unpaired) electrons. The number of hydrogen-bond acceptors (Lipinski definition) is 4. The van der Waals surface area contributed by atoms with E-state index in [-0.39, 0.29) is 5.91 Å². The van der Waals surface area contributed by atoms with Gasteiger partial charge in [-0.1, -0.05) is 0 Å². The first-order valence-corrected chi connectivity index (χ1v) is 6.85. The van der Waals surface area contributed by atoms with Crippen molar-refractivity contribution in [3.05, 3.63) is 29.6 Å². The summed E-state index contributed by atoms with van der Waals surface area (Å²) in [6.07, 6.45) is 2.71. The standard InChI is InChI=1S/C14H22N4O/c1-12-11-13(3-5-16-12)14(19)18-7-2-6-17(8-4-15)9-10-18/h3,5,11H,2,4,6-10,15H2,1H3. The molecule has 1 aliphatic rings. The molecule has 0 spiro atoms. The quantitative estimate of drug-likeness (QED) is 0.861. The van der Waals surface area contributed by atoms with Gasteiger partial charge in [-0.05, 0) is 32.0 Å². The van der Waals surface area contributed by atoms with Crippen molar-refractivity contribution in [2.45, 2.75) is 13.3 Å². The molecule has 1 fully saturated rings. The Morgan fingerprint density at radius 3 is 2.95 bits per heavy atom. The number of aromatic nitrogens is 1. The highest BCUT2D eigenvalue weighted by molar-refractivity contribution is 5.94. The maximum absolute atomic E-state index is 12.4. The van der Waals surface area contributed by atoms with Crippen LogP contribution < -0.4 is 5.73 Å². The fourth-order valence-electron chi connectivity index (χ4n) is 2.44. The van der Waals surface area contributed by atoms with Crippen LogP contribution in [0.5, 0.6) is 0 Å². The number of carbonyl (C=O) groups excluding carboxylic acids is 1. The highest BCUT2D eigenvalue weighted by Gasteiger charge is 2.19. The zero-order valence-corrected chi connectivity index (χ0v) is 11.5. The third-order valence-electron chi connectivity index (χ3n) is 3.46. The predicted molar refractivity (Wildman–Crippen MR) is 75.0 cm³/mol. The smallest absolute Gasteiger partial charge is 0.254 e. The number of aryl methyl sites for hydroxylation is 1. The second kappa shape index (κ2) is 6.63. The van der Waals surface area contributed by atoms with Crippen molar-refractivity contribution in [1.82, 2.24) is 14.8 Å². The number of nitrogens with two attached hydrogens (primary N) is 1. The summed E-state index contributed by atoms with van der Waals surface area (Å²) < 4.78 is 0. The Kier molecular flexibility index (Phi) is 4.87. The zero-order chi connectivity index (χ0) is 13.7. The number of rotatable bonds is 3. The Morgan fingerprint density at radius 1 is 1.37 bits per heavy atom. The maximum Gasteiger partial charge on any atom is 0.254 e. The minimum atomic E-state index is 0.111. The van der Waals surface area contributed by atoms with Gasteiger partial charge >= 0.3 is 0 Å². The minimum Gasteiger partial charge on any atom is -0.337 e. The van der Waals surface area contributed by atoms with Gasteiger partial charge in [0.25, 0.3) is 5.91 Å². The summed E-state index contributed by atoms with van der Waals surface area (Å²) in [7, 11) is 0. The lowest BCUT2D eigenvalue weighted by molar-refractivity contribution is 0.0761. The van der Waals surface area contributed by atoms with E-state index in [9.17, 15) is 4.79 Å². The molecule has 0 aliphatic carbocycles. The average Bonchev–Trinajstić information content (AvgIpc) is 2.64. The van der Waals surface area contributed by atoms with Gasteiger partial charge in [-0.2, -0.15) is 0 Å². The third-order valence-corrected chi connectivity index (χ3v) is 3.46. The lowest BCUT2D eigenvalue weighted by atomic mass is 10.2. The van der Waals surface area contributed by atoms with E-state index < -0.39 is 0 Å². The molecule has 5 nitrogen and oxygen atoms in total. The second-order valence-electron chi connectivity index (χ2n) is 4.96. The molecule has 1 aromatic heterocycles. The second-order valence-corrected chi connectivity index (χ2v) is 4.96. The predicted octanol–water partition coefficient (Wildman–Crippen LogP) is 0.497. The molecular formula is C14H22N4O. The molecule has 1 aromatic rings. The van der Waals surface area contributed by atoms with E-state index in [4.69, 9.17) is 5.73 Å². The SMILES string of the molecule is Cc1cc(C(=O)N2CCCN(CCN)CC2)ccn1. The maximum atomic E-state index is 12.4. The largest absolute Gasteiger partial charge is 0.337 e. The molecule has 2 heterocycles. The summed E-state index contributed by atoms with van der Waals surface area (Å²) in [5.41, 5.74) is 7.20. The molecule has 5 heteroatoms. The number of carbonyl (C=O) groups is 1. The van der Waals surface area contributed by atoms with Crippen molar-refractivity contribution in [2.24, 2.45) is 5.73 Å². The van der Waals surface area contributed by atoms with Crippen LogP contribution in [0.4, 0.5) is 0 Å². The zero-order valence-electron chi connectivity index (χ0n) is 11.5. The molecule has 2 rings (SSSR count). The Balaban J connectivity index is 2.00. The van der Waals surface area contributed by atoms with Crippen LogP contribution in [0, 0.1) is 6.92 Å².